The average molecular weight is 236 g/mol. The van der Waals surface area contributed by atoms with Crippen LogP contribution in [0.2, 0.25) is 0 Å². The van der Waals surface area contributed by atoms with Crippen molar-refractivity contribution in [2.75, 3.05) is 0 Å². The summed E-state index contributed by atoms with van der Waals surface area (Å²) in [5.41, 5.74) is 2.37. The molecule has 0 fully saturated rings. The van der Waals surface area contributed by atoms with E-state index in [2.05, 4.69) is 48.5 Å². The van der Waals surface area contributed by atoms with Crippen LogP contribution in [0.15, 0.2) is 23.6 Å². The smallest absolute Gasteiger partial charge is 0.102 e. The second-order valence-electron chi connectivity index (χ2n) is 4.39. The molecule has 0 aliphatic heterocycles. The van der Waals surface area contributed by atoms with Crippen molar-refractivity contribution in [2.24, 2.45) is 0 Å². The van der Waals surface area contributed by atoms with E-state index in [1.165, 1.54) is 10.6 Å². The Morgan fingerprint density at radius 2 is 1.94 bits per heavy atom. The lowest BCUT2D eigenvalue weighted by Crippen LogP contribution is -2.11. The number of nitrogens with one attached hydrogen (secondary N) is 1. The Morgan fingerprint density at radius 3 is 2.38 bits per heavy atom. The van der Waals surface area contributed by atoms with Crippen molar-refractivity contribution in [1.29, 1.82) is 0 Å². The SMILES string of the molecule is CC.CC(C)(C)c1cc(-c2cccs2)n[nH]1. The molecule has 88 valence electrons. The molecular formula is C13H20N2S. The van der Waals surface area contributed by atoms with Gasteiger partial charge in [0.2, 0.25) is 0 Å². The zero-order valence-corrected chi connectivity index (χ0v) is 11.5. The van der Waals surface area contributed by atoms with Gasteiger partial charge >= 0.3 is 0 Å². The van der Waals surface area contributed by atoms with Crippen LogP contribution in [-0.2, 0) is 5.41 Å². The summed E-state index contributed by atoms with van der Waals surface area (Å²) in [6.45, 7) is 10.5. The number of thiophene rings is 1. The van der Waals surface area contributed by atoms with Crippen molar-refractivity contribution in [3.8, 4) is 10.6 Å². The van der Waals surface area contributed by atoms with Crippen LogP contribution < -0.4 is 0 Å². The highest BCUT2D eigenvalue weighted by molar-refractivity contribution is 7.13. The zero-order valence-electron chi connectivity index (χ0n) is 10.7. The summed E-state index contributed by atoms with van der Waals surface area (Å²) in [5.74, 6) is 0. The van der Waals surface area contributed by atoms with Gasteiger partial charge in [0.15, 0.2) is 0 Å². The highest BCUT2D eigenvalue weighted by Gasteiger charge is 2.17. The summed E-state index contributed by atoms with van der Waals surface area (Å²) in [6, 6.07) is 6.27. The molecule has 3 heteroatoms. The minimum absolute atomic E-state index is 0.141. The van der Waals surface area contributed by atoms with Gasteiger partial charge in [-0.25, -0.2) is 0 Å². The maximum absolute atomic E-state index is 4.31. The minimum Gasteiger partial charge on any atom is -0.281 e. The fourth-order valence-corrected chi connectivity index (χ4v) is 1.94. The van der Waals surface area contributed by atoms with Crippen LogP contribution in [0.5, 0.6) is 0 Å². The predicted molar refractivity (Wildman–Crippen MR) is 71.9 cm³/mol. The first-order valence-electron chi connectivity index (χ1n) is 5.67. The molecule has 0 amide bonds. The number of H-pyrrole nitrogens is 1. The molecule has 16 heavy (non-hydrogen) atoms. The molecule has 2 heterocycles. The lowest BCUT2D eigenvalue weighted by atomic mass is 9.92. The Labute approximate surface area is 102 Å². The van der Waals surface area contributed by atoms with Crippen LogP contribution in [0.25, 0.3) is 10.6 Å². The molecular weight excluding hydrogens is 216 g/mol. The van der Waals surface area contributed by atoms with Gasteiger partial charge in [0.1, 0.15) is 5.69 Å². The van der Waals surface area contributed by atoms with Gasteiger partial charge in [-0.05, 0) is 17.5 Å². The van der Waals surface area contributed by atoms with Crippen LogP contribution in [0.3, 0.4) is 0 Å². The third kappa shape index (κ3) is 2.95. The first kappa shape index (κ1) is 13.0. The molecule has 0 atom stereocenters. The minimum atomic E-state index is 0.141. The van der Waals surface area contributed by atoms with Crippen molar-refractivity contribution < 1.29 is 0 Å². The van der Waals surface area contributed by atoms with Crippen molar-refractivity contribution in [3.63, 3.8) is 0 Å². The summed E-state index contributed by atoms with van der Waals surface area (Å²) in [5, 5.41) is 9.47. The Hall–Kier alpha value is -1.09. The molecule has 0 aromatic carbocycles. The van der Waals surface area contributed by atoms with E-state index in [1.807, 2.05) is 19.9 Å². The van der Waals surface area contributed by atoms with E-state index in [1.54, 1.807) is 11.3 Å². The molecule has 2 rings (SSSR count). The number of hydrogen-bond acceptors (Lipinski definition) is 2. The maximum atomic E-state index is 4.31. The fraction of sp³-hybridized carbons (Fsp3) is 0.462. The summed E-state index contributed by atoms with van der Waals surface area (Å²) in [4.78, 5) is 1.22. The highest BCUT2D eigenvalue weighted by atomic mass is 32.1. The van der Waals surface area contributed by atoms with E-state index in [4.69, 9.17) is 0 Å². The predicted octanol–water partition coefficient (Wildman–Crippen LogP) is 4.46. The third-order valence-corrected chi connectivity index (χ3v) is 3.05. The topological polar surface area (TPSA) is 28.7 Å². The van der Waals surface area contributed by atoms with Gasteiger partial charge in [-0.15, -0.1) is 11.3 Å². The van der Waals surface area contributed by atoms with Crippen LogP contribution in [0.4, 0.5) is 0 Å². The van der Waals surface area contributed by atoms with Crippen molar-refractivity contribution in [3.05, 3.63) is 29.3 Å². The molecule has 0 aliphatic rings. The van der Waals surface area contributed by atoms with Crippen LogP contribution in [0, 0.1) is 0 Å². The van der Waals surface area contributed by atoms with E-state index in [-0.39, 0.29) is 5.41 Å². The first-order valence-corrected chi connectivity index (χ1v) is 6.55. The van der Waals surface area contributed by atoms with Gasteiger partial charge in [0, 0.05) is 11.1 Å². The highest BCUT2D eigenvalue weighted by Crippen LogP contribution is 2.27. The Kier molecular flexibility index (Phi) is 4.30. The molecule has 0 radical (unpaired) electrons. The van der Waals surface area contributed by atoms with E-state index in [0.29, 0.717) is 0 Å². The van der Waals surface area contributed by atoms with Gasteiger partial charge in [-0.3, -0.25) is 5.10 Å². The molecule has 2 aromatic heterocycles. The van der Waals surface area contributed by atoms with E-state index in [0.717, 1.165) is 5.69 Å². The summed E-state index contributed by atoms with van der Waals surface area (Å²) in [6.07, 6.45) is 0. The monoisotopic (exact) mass is 236 g/mol. The number of rotatable bonds is 1. The summed E-state index contributed by atoms with van der Waals surface area (Å²) >= 11 is 1.72. The molecule has 0 bridgehead atoms. The second-order valence-corrected chi connectivity index (χ2v) is 5.34. The van der Waals surface area contributed by atoms with Crippen molar-refractivity contribution >= 4 is 11.3 Å². The molecule has 2 nitrogen and oxygen atoms in total. The van der Waals surface area contributed by atoms with Gasteiger partial charge in [0.25, 0.3) is 0 Å². The van der Waals surface area contributed by atoms with E-state index in [9.17, 15) is 0 Å². The van der Waals surface area contributed by atoms with Crippen LogP contribution in [0.1, 0.15) is 40.3 Å². The lowest BCUT2D eigenvalue weighted by Gasteiger charge is -2.14. The summed E-state index contributed by atoms with van der Waals surface area (Å²) < 4.78 is 0. The molecule has 1 N–H and O–H groups in total. The summed E-state index contributed by atoms with van der Waals surface area (Å²) in [7, 11) is 0. The quantitative estimate of drug-likeness (QED) is 0.778. The van der Waals surface area contributed by atoms with E-state index < -0.39 is 0 Å². The molecule has 0 spiro atoms. The number of hydrogen-bond donors (Lipinski definition) is 1. The van der Waals surface area contributed by atoms with E-state index >= 15 is 0 Å². The zero-order chi connectivity index (χ0) is 12.2. The van der Waals surface area contributed by atoms with Gasteiger partial charge in [0.05, 0.1) is 4.88 Å². The molecule has 0 aliphatic carbocycles. The fourth-order valence-electron chi connectivity index (χ4n) is 1.26. The number of aromatic nitrogens is 2. The van der Waals surface area contributed by atoms with Crippen LogP contribution >= 0.6 is 11.3 Å². The number of aromatic amines is 1. The Bertz CT molecular complexity index is 407. The first-order chi connectivity index (χ1) is 7.57. The molecule has 0 unspecified atom stereocenters. The average Bonchev–Trinajstić information content (AvgIpc) is 2.90. The molecule has 0 saturated carbocycles. The lowest BCUT2D eigenvalue weighted by molar-refractivity contribution is 0.567. The Balaban J connectivity index is 0.000000606. The van der Waals surface area contributed by atoms with Gasteiger partial charge in [-0.2, -0.15) is 5.10 Å². The van der Waals surface area contributed by atoms with Crippen molar-refractivity contribution in [1.82, 2.24) is 10.2 Å². The standard InChI is InChI=1S/C11H14N2S.C2H6/c1-11(2,3)10-7-8(12-13-10)9-5-4-6-14-9;1-2/h4-7H,1-3H3,(H,12,13);1-2H3. The van der Waals surface area contributed by atoms with Gasteiger partial charge in [-0.1, -0.05) is 40.7 Å². The van der Waals surface area contributed by atoms with Gasteiger partial charge < -0.3 is 0 Å². The number of nitrogens with zero attached hydrogens (tertiary/aromatic N) is 1. The third-order valence-electron chi connectivity index (χ3n) is 2.16. The van der Waals surface area contributed by atoms with Crippen molar-refractivity contribution in [2.45, 2.75) is 40.0 Å². The van der Waals surface area contributed by atoms with Crippen LogP contribution in [-0.4, -0.2) is 10.2 Å². The largest absolute Gasteiger partial charge is 0.281 e. The maximum Gasteiger partial charge on any atom is 0.102 e. The molecule has 2 aromatic rings. The Morgan fingerprint density at radius 1 is 1.25 bits per heavy atom. The second kappa shape index (κ2) is 5.30. The molecule has 0 saturated heterocycles. The normalized spacial score (nSPS) is 10.8.